The van der Waals surface area contributed by atoms with Gasteiger partial charge in [0.05, 0.1) is 0 Å². The van der Waals surface area contributed by atoms with Gasteiger partial charge in [-0.15, -0.1) is 0 Å². The van der Waals surface area contributed by atoms with Gasteiger partial charge in [-0.2, -0.15) is 0 Å². The van der Waals surface area contributed by atoms with Gasteiger partial charge in [-0.25, -0.2) is 0 Å². The summed E-state index contributed by atoms with van der Waals surface area (Å²) in [7, 11) is 0. The number of carbonyl (C=O) groups excluding carboxylic acids is 1. The zero-order valence-electron chi connectivity index (χ0n) is 8.45. The minimum Gasteiger partial charge on any atom is -0.295 e. The van der Waals surface area contributed by atoms with Crippen LogP contribution >= 0.6 is 0 Å². The highest BCUT2D eigenvalue weighted by Crippen LogP contribution is 2.00. The third kappa shape index (κ3) is 5.85. The van der Waals surface area contributed by atoms with E-state index in [1.807, 2.05) is 50.3 Å². The molecule has 0 saturated carbocycles. The Labute approximate surface area is 80.1 Å². The fraction of sp³-hybridized carbons (Fsp3) is 0.250. The van der Waals surface area contributed by atoms with Gasteiger partial charge in [-0.05, 0) is 18.6 Å². The molecule has 0 saturated heterocycles. The van der Waals surface area contributed by atoms with Gasteiger partial charge < -0.3 is 0 Å². The molecule has 0 N–H and O–H groups in total. The summed E-state index contributed by atoms with van der Waals surface area (Å²) in [5.41, 5.74) is 1.06. The normalized spacial score (nSPS) is 9.15. The van der Waals surface area contributed by atoms with Crippen molar-refractivity contribution in [3.05, 3.63) is 42.0 Å². The predicted octanol–water partition coefficient (Wildman–Crippen LogP) is 3.32. The molecule has 0 amide bonds. The highest BCUT2D eigenvalue weighted by molar-refractivity contribution is 5.91. The smallest absolute Gasteiger partial charge is 0.152 e. The largest absolute Gasteiger partial charge is 0.295 e. The molecule has 0 radical (unpaired) electrons. The molecule has 1 heteroatoms. The summed E-state index contributed by atoms with van der Waals surface area (Å²) < 4.78 is 0. The summed E-state index contributed by atoms with van der Waals surface area (Å²) in [6.07, 6.45) is 3.37. The third-order valence-corrected chi connectivity index (χ3v) is 1.31. The summed E-state index contributed by atoms with van der Waals surface area (Å²) in [6, 6.07) is 9.75. The first-order valence-corrected chi connectivity index (χ1v) is 4.53. The molecule has 0 unspecified atom stereocenters. The summed E-state index contributed by atoms with van der Waals surface area (Å²) in [6.45, 7) is 5.54. The molecule has 0 spiro atoms. The molecule has 0 aliphatic heterocycles. The molecule has 0 fully saturated rings. The fourth-order valence-electron chi connectivity index (χ4n) is 0.778. The molecule has 1 nitrogen and oxygen atoms in total. The van der Waals surface area contributed by atoms with Crippen molar-refractivity contribution in [1.29, 1.82) is 0 Å². The summed E-state index contributed by atoms with van der Waals surface area (Å²) in [4.78, 5) is 10.5. The second-order valence-electron chi connectivity index (χ2n) is 2.35. The van der Waals surface area contributed by atoms with E-state index in [1.165, 1.54) is 0 Å². The van der Waals surface area contributed by atoms with Crippen molar-refractivity contribution < 1.29 is 4.79 Å². The van der Waals surface area contributed by atoms with Crippen molar-refractivity contribution in [2.45, 2.75) is 20.8 Å². The second kappa shape index (κ2) is 7.29. The first kappa shape index (κ1) is 11.6. The fourth-order valence-corrected chi connectivity index (χ4v) is 0.778. The number of rotatable bonds is 2. The highest BCUT2D eigenvalue weighted by Gasteiger charge is 1.83. The highest BCUT2D eigenvalue weighted by atomic mass is 16.1. The van der Waals surface area contributed by atoms with Gasteiger partial charge in [0.2, 0.25) is 0 Å². The van der Waals surface area contributed by atoms with Crippen LogP contribution in [0.4, 0.5) is 0 Å². The molecule has 1 aromatic rings. The van der Waals surface area contributed by atoms with Crippen LogP contribution in [0.5, 0.6) is 0 Å². The van der Waals surface area contributed by atoms with E-state index in [4.69, 9.17) is 0 Å². The van der Waals surface area contributed by atoms with Crippen molar-refractivity contribution in [2.75, 3.05) is 0 Å². The molecule has 0 bridgehead atoms. The van der Waals surface area contributed by atoms with Crippen molar-refractivity contribution in [3.8, 4) is 0 Å². The van der Waals surface area contributed by atoms with Crippen LogP contribution in [0.1, 0.15) is 26.3 Å². The number of allylic oxidation sites excluding steroid dienone is 1. The summed E-state index contributed by atoms with van der Waals surface area (Å²) in [5.74, 6) is 0.0776. The van der Waals surface area contributed by atoms with Crippen LogP contribution in [0.15, 0.2) is 36.4 Å². The second-order valence-corrected chi connectivity index (χ2v) is 2.35. The molecule has 0 atom stereocenters. The van der Waals surface area contributed by atoms with E-state index in [9.17, 15) is 4.79 Å². The molecule has 13 heavy (non-hydrogen) atoms. The Morgan fingerprint density at radius 2 is 1.69 bits per heavy atom. The number of carbonyl (C=O) groups is 1. The van der Waals surface area contributed by atoms with Gasteiger partial charge in [-0.1, -0.05) is 50.3 Å². The molecule has 1 aromatic carbocycles. The van der Waals surface area contributed by atoms with Gasteiger partial charge in [-0.3, -0.25) is 4.79 Å². The summed E-state index contributed by atoms with van der Waals surface area (Å²) in [5, 5.41) is 0. The molecule has 0 aliphatic rings. The van der Waals surface area contributed by atoms with Crippen LogP contribution in [-0.2, 0) is 4.79 Å². The zero-order valence-corrected chi connectivity index (χ0v) is 8.45. The van der Waals surface area contributed by atoms with Gasteiger partial charge >= 0.3 is 0 Å². The van der Waals surface area contributed by atoms with E-state index >= 15 is 0 Å². The van der Waals surface area contributed by atoms with Crippen molar-refractivity contribution in [1.82, 2.24) is 0 Å². The van der Waals surface area contributed by atoms with Crippen molar-refractivity contribution in [3.63, 3.8) is 0 Å². The Kier molecular flexibility index (Phi) is 6.52. The molecular formula is C12H16O. The summed E-state index contributed by atoms with van der Waals surface area (Å²) >= 11 is 0. The lowest BCUT2D eigenvalue weighted by Crippen LogP contribution is -1.79. The maximum atomic E-state index is 10.5. The van der Waals surface area contributed by atoms with Gasteiger partial charge in [0.25, 0.3) is 0 Å². The standard InChI is InChI=1S/C10H10O.C2H6/c1-9(11)7-8-10-5-3-2-4-6-10;1-2/h2-8H,1H3;1-2H3. The number of benzene rings is 1. The van der Waals surface area contributed by atoms with Gasteiger partial charge in [0.1, 0.15) is 0 Å². The lowest BCUT2D eigenvalue weighted by atomic mass is 10.2. The minimum absolute atomic E-state index is 0.0776. The molecule has 0 aromatic heterocycles. The SMILES string of the molecule is CC.CC(=O)C=Cc1ccccc1. The van der Waals surface area contributed by atoms with E-state index in [1.54, 1.807) is 13.0 Å². The van der Waals surface area contributed by atoms with Crippen LogP contribution in [0.3, 0.4) is 0 Å². The lowest BCUT2D eigenvalue weighted by molar-refractivity contribution is -0.112. The van der Waals surface area contributed by atoms with Gasteiger partial charge in [0, 0.05) is 0 Å². The number of hydrogen-bond donors (Lipinski definition) is 0. The number of hydrogen-bond acceptors (Lipinski definition) is 1. The van der Waals surface area contributed by atoms with Crippen molar-refractivity contribution in [2.24, 2.45) is 0 Å². The average molecular weight is 176 g/mol. The lowest BCUT2D eigenvalue weighted by Gasteiger charge is -1.88. The van der Waals surface area contributed by atoms with E-state index in [0.29, 0.717) is 0 Å². The Hall–Kier alpha value is -1.37. The van der Waals surface area contributed by atoms with E-state index in [0.717, 1.165) is 5.56 Å². The molecule has 0 heterocycles. The van der Waals surface area contributed by atoms with Crippen LogP contribution in [0, 0.1) is 0 Å². The van der Waals surface area contributed by atoms with E-state index < -0.39 is 0 Å². The van der Waals surface area contributed by atoms with Crippen LogP contribution in [-0.4, -0.2) is 5.78 Å². The molecule has 0 aliphatic carbocycles. The first-order valence-electron chi connectivity index (χ1n) is 4.53. The topological polar surface area (TPSA) is 17.1 Å². The molecule has 70 valence electrons. The Morgan fingerprint density at radius 1 is 1.15 bits per heavy atom. The van der Waals surface area contributed by atoms with Gasteiger partial charge in [0.15, 0.2) is 5.78 Å². The Balaban J connectivity index is 0.000000671. The predicted molar refractivity (Wildman–Crippen MR) is 57.5 cm³/mol. The maximum Gasteiger partial charge on any atom is 0.152 e. The van der Waals surface area contributed by atoms with Crippen LogP contribution in [0.2, 0.25) is 0 Å². The third-order valence-electron chi connectivity index (χ3n) is 1.31. The van der Waals surface area contributed by atoms with E-state index in [2.05, 4.69) is 0 Å². The monoisotopic (exact) mass is 176 g/mol. The average Bonchev–Trinajstić information content (AvgIpc) is 2.19. The first-order chi connectivity index (χ1) is 6.29. The minimum atomic E-state index is 0.0776. The van der Waals surface area contributed by atoms with E-state index in [-0.39, 0.29) is 5.78 Å². The van der Waals surface area contributed by atoms with Crippen LogP contribution < -0.4 is 0 Å². The number of ketones is 1. The Morgan fingerprint density at radius 3 is 2.15 bits per heavy atom. The quantitative estimate of drug-likeness (QED) is 0.632. The zero-order chi connectivity index (χ0) is 10.1. The molecular weight excluding hydrogens is 160 g/mol. The Bertz CT molecular complexity index is 260. The molecule has 1 rings (SSSR count). The van der Waals surface area contributed by atoms with Crippen LogP contribution in [0.25, 0.3) is 6.08 Å². The maximum absolute atomic E-state index is 10.5. The van der Waals surface area contributed by atoms with Crippen molar-refractivity contribution >= 4 is 11.9 Å².